The van der Waals surface area contributed by atoms with Gasteiger partial charge in [-0.15, -0.1) is 0 Å². The maximum absolute atomic E-state index is 13.9. The summed E-state index contributed by atoms with van der Waals surface area (Å²) in [6.07, 6.45) is 3.14. The van der Waals surface area contributed by atoms with E-state index in [1.54, 1.807) is 6.20 Å². The van der Waals surface area contributed by atoms with Crippen molar-refractivity contribution >= 4 is 11.7 Å². The number of nitrogens with one attached hydrogen (secondary N) is 2. The van der Waals surface area contributed by atoms with Crippen molar-refractivity contribution in [2.45, 2.75) is 19.4 Å². The molecule has 0 saturated heterocycles. The van der Waals surface area contributed by atoms with Crippen LogP contribution in [0.4, 0.5) is 10.2 Å². The van der Waals surface area contributed by atoms with Gasteiger partial charge in [-0.3, -0.25) is 4.79 Å². The number of aromatic nitrogens is 1. The first-order valence-electron chi connectivity index (χ1n) is 9.01. The highest BCUT2D eigenvalue weighted by molar-refractivity contribution is 6.05. The number of carbonyl (C=O) groups is 1. The number of carbonyl (C=O) groups excluding carboxylic acids is 1. The quantitative estimate of drug-likeness (QED) is 0.745. The lowest BCUT2D eigenvalue weighted by molar-refractivity contribution is 0.102. The summed E-state index contributed by atoms with van der Waals surface area (Å²) >= 11 is 0. The molecule has 0 saturated carbocycles. The highest BCUT2D eigenvalue weighted by Crippen LogP contribution is 2.22. The molecule has 4 nitrogen and oxygen atoms in total. The molecule has 2 aromatic carbocycles. The van der Waals surface area contributed by atoms with Crippen LogP contribution in [0.3, 0.4) is 0 Å². The van der Waals surface area contributed by atoms with Crippen molar-refractivity contribution in [3.63, 3.8) is 0 Å². The van der Waals surface area contributed by atoms with Gasteiger partial charge in [0.15, 0.2) is 0 Å². The minimum Gasteiger partial charge on any atom is -0.312 e. The van der Waals surface area contributed by atoms with Crippen molar-refractivity contribution in [2.24, 2.45) is 0 Å². The number of halogens is 1. The molecule has 2 heterocycles. The number of amides is 1. The third kappa shape index (κ3) is 4.04. The van der Waals surface area contributed by atoms with Crippen LogP contribution in [0.1, 0.15) is 32.6 Å². The second-order valence-corrected chi connectivity index (χ2v) is 6.68. The van der Waals surface area contributed by atoms with Crippen LogP contribution >= 0.6 is 0 Å². The predicted molar refractivity (Wildman–Crippen MR) is 103 cm³/mol. The minimum atomic E-state index is -0.395. The summed E-state index contributed by atoms with van der Waals surface area (Å²) < 4.78 is 13.9. The molecule has 0 spiro atoms. The second kappa shape index (κ2) is 7.68. The van der Waals surface area contributed by atoms with E-state index in [-0.39, 0.29) is 5.91 Å². The number of fused-ring (bicyclic) bond motifs is 1. The minimum absolute atomic E-state index is 0.322. The molecule has 1 aliphatic heterocycles. The van der Waals surface area contributed by atoms with E-state index in [4.69, 9.17) is 0 Å². The van der Waals surface area contributed by atoms with Crippen LogP contribution in [0.5, 0.6) is 0 Å². The molecule has 0 atom stereocenters. The van der Waals surface area contributed by atoms with E-state index in [1.165, 1.54) is 17.7 Å². The Bertz CT molecular complexity index is 973. The van der Waals surface area contributed by atoms with Crippen molar-refractivity contribution in [2.75, 3.05) is 11.9 Å². The number of anilines is 1. The van der Waals surface area contributed by atoms with Crippen molar-refractivity contribution < 1.29 is 9.18 Å². The summed E-state index contributed by atoms with van der Waals surface area (Å²) in [7, 11) is 0. The number of hydrogen-bond donors (Lipinski definition) is 2. The van der Waals surface area contributed by atoms with Gasteiger partial charge in [0.25, 0.3) is 5.91 Å². The first kappa shape index (κ1) is 17.4. The summed E-state index contributed by atoms with van der Waals surface area (Å²) in [5.41, 5.74) is 4.39. The zero-order valence-electron chi connectivity index (χ0n) is 14.8. The molecular formula is C22H20FN3O. The Kier molecular flexibility index (Phi) is 4.94. The Morgan fingerprint density at radius 3 is 2.81 bits per heavy atom. The van der Waals surface area contributed by atoms with Crippen molar-refractivity contribution in [1.29, 1.82) is 0 Å². The van der Waals surface area contributed by atoms with Crippen LogP contribution in [-0.2, 0) is 19.4 Å². The number of pyridine rings is 1. The van der Waals surface area contributed by atoms with Crippen molar-refractivity contribution in [3.05, 3.63) is 94.4 Å². The van der Waals surface area contributed by atoms with Gasteiger partial charge in [0.1, 0.15) is 11.6 Å². The van der Waals surface area contributed by atoms with Gasteiger partial charge in [-0.2, -0.15) is 0 Å². The second-order valence-electron chi connectivity index (χ2n) is 6.68. The Morgan fingerprint density at radius 2 is 1.96 bits per heavy atom. The smallest absolute Gasteiger partial charge is 0.257 e. The third-order valence-electron chi connectivity index (χ3n) is 4.74. The van der Waals surface area contributed by atoms with Crippen LogP contribution in [0.2, 0.25) is 0 Å². The Morgan fingerprint density at radius 1 is 1.11 bits per heavy atom. The van der Waals surface area contributed by atoms with Gasteiger partial charge in [0.2, 0.25) is 0 Å². The normalized spacial score (nSPS) is 13.1. The topological polar surface area (TPSA) is 54.0 Å². The predicted octanol–water partition coefficient (Wildman–Crippen LogP) is 3.71. The van der Waals surface area contributed by atoms with Gasteiger partial charge in [-0.1, -0.05) is 30.3 Å². The summed E-state index contributed by atoms with van der Waals surface area (Å²) in [5.74, 6) is -0.245. The molecule has 1 aliphatic rings. The fraction of sp³-hybridized carbons (Fsp3) is 0.182. The van der Waals surface area contributed by atoms with Crippen LogP contribution in [0.25, 0.3) is 0 Å². The molecule has 27 heavy (non-hydrogen) atoms. The lowest BCUT2D eigenvalue weighted by Gasteiger charge is -2.20. The van der Waals surface area contributed by atoms with Gasteiger partial charge in [0, 0.05) is 18.3 Å². The van der Waals surface area contributed by atoms with Crippen molar-refractivity contribution in [1.82, 2.24) is 10.3 Å². The monoisotopic (exact) mass is 361 g/mol. The number of nitrogens with zero attached hydrogens (tertiary/aromatic N) is 1. The van der Waals surface area contributed by atoms with Crippen LogP contribution in [0, 0.1) is 5.82 Å². The summed E-state index contributed by atoms with van der Waals surface area (Å²) in [4.78, 5) is 17.0. The lowest BCUT2D eigenvalue weighted by Crippen LogP contribution is -2.27. The van der Waals surface area contributed by atoms with Gasteiger partial charge in [0.05, 0.1) is 0 Å². The van der Waals surface area contributed by atoms with E-state index in [1.807, 2.05) is 30.3 Å². The van der Waals surface area contributed by atoms with Gasteiger partial charge >= 0.3 is 0 Å². The molecular weight excluding hydrogens is 341 g/mol. The molecule has 5 heteroatoms. The summed E-state index contributed by atoms with van der Waals surface area (Å²) in [5, 5.41) is 6.03. The van der Waals surface area contributed by atoms with Crippen LogP contribution in [0.15, 0.2) is 60.8 Å². The van der Waals surface area contributed by atoms with Crippen molar-refractivity contribution in [3.8, 4) is 0 Å². The molecule has 136 valence electrons. The fourth-order valence-corrected chi connectivity index (χ4v) is 3.45. The van der Waals surface area contributed by atoms with Gasteiger partial charge < -0.3 is 10.6 Å². The van der Waals surface area contributed by atoms with E-state index in [9.17, 15) is 9.18 Å². The highest BCUT2D eigenvalue weighted by Gasteiger charge is 2.19. The van der Waals surface area contributed by atoms with Gasteiger partial charge in [-0.05, 0) is 65.9 Å². The van der Waals surface area contributed by atoms with E-state index < -0.39 is 5.82 Å². The fourth-order valence-electron chi connectivity index (χ4n) is 3.45. The van der Waals surface area contributed by atoms with E-state index >= 15 is 0 Å². The molecule has 4 rings (SSSR count). The summed E-state index contributed by atoms with van der Waals surface area (Å²) in [6.45, 7) is 1.36. The van der Waals surface area contributed by atoms with Crippen LogP contribution < -0.4 is 10.6 Å². The first-order valence-corrected chi connectivity index (χ1v) is 9.01. The van der Waals surface area contributed by atoms with E-state index in [0.29, 0.717) is 24.3 Å². The molecule has 0 fully saturated rings. The highest BCUT2D eigenvalue weighted by atomic mass is 19.1. The molecule has 2 N–H and O–H groups in total. The molecule has 0 radical (unpaired) electrons. The Labute approximate surface area is 157 Å². The maximum atomic E-state index is 13.9. The lowest BCUT2D eigenvalue weighted by atomic mass is 9.94. The summed E-state index contributed by atoms with van der Waals surface area (Å²) in [6, 6.07) is 16.7. The number of benzene rings is 2. The Balaban J connectivity index is 1.55. The zero-order chi connectivity index (χ0) is 18.6. The Hall–Kier alpha value is -3.05. The molecule has 0 bridgehead atoms. The molecule has 0 unspecified atom stereocenters. The average molecular weight is 361 g/mol. The SMILES string of the molecule is O=C(Nc1cc(Cc2ccccc2)ccn1)c1cc(F)cc2c1CCNC2. The molecule has 1 aromatic heterocycles. The van der Waals surface area contributed by atoms with E-state index in [0.717, 1.165) is 29.7 Å². The van der Waals surface area contributed by atoms with Crippen LogP contribution in [-0.4, -0.2) is 17.4 Å². The standard InChI is InChI=1S/C22H20FN3O/c23-18-12-17-14-24-8-7-19(17)20(13-18)22(27)26-21-11-16(6-9-25-21)10-15-4-2-1-3-5-15/h1-6,9,11-13,24H,7-8,10,14H2,(H,25,26,27). The number of hydrogen-bond acceptors (Lipinski definition) is 3. The molecule has 0 aliphatic carbocycles. The first-order chi connectivity index (χ1) is 13.2. The molecule has 1 amide bonds. The molecule has 3 aromatic rings. The zero-order valence-corrected chi connectivity index (χ0v) is 14.8. The maximum Gasteiger partial charge on any atom is 0.257 e. The van der Waals surface area contributed by atoms with E-state index in [2.05, 4.69) is 27.8 Å². The third-order valence-corrected chi connectivity index (χ3v) is 4.74. The largest absolute Gasteiger partial charge is 0.312 e. The average Bonchev–Trinajstić information content (AvgIpc) is 2.68. The number of rotatable bonds is 4. The van der Waals surface area contributed by atoms with Gasteiger partial charge in [-0.25, -0.2) is 9.37 Å².